The average Bonchev–Trinajstić information content (AvgIpc) is 3.00. The van der Waals surface area contributed by atoms with Gasteiger partial charge < -0.3 is 19.5 Å². The van der Waals surface area contributed by atoms with Gasteiger partial charge in [0.2, 0.25) is 5.88 Å². The number of rotatable bonds is 5. The number of pyridine rings is 1. The Morgan fingerprint density at radius 1 is 1.40 bits per heavy atom. The highest BCUT2D eigenvalue weighted by Gasteiger charge is 2.35. The number of ether oxygens (including phenoxy) is 3. The summed E-state index contributed by atoms with van der Waals surface area (Å²) in [6.07, 6.45) is -3.46. The van der Waals surface area contributed by atoms with Crippen molar-refractivity contribution in [3.05, 3.63) is 51.1 Å². The van der Waals surface area contributed by atoms with Crippen LogP contribution in [0.3, 0.4) is 0 Å². The maximum atomic E-state index is 12.9. The Kier molecular flexibility index (Phi) is 6.61. The zero-order valence-corrected chi connectivity index (χ0v) is 18.2. The number of carbonyl (C=O) groups excluding carboxylic acids is 1. The second-order valence-electron chi connectivity index (χ2n) is 6.91. The molecule has 0 spiro atoms. The number of benzene rings is 1. The van der Waals surface area contributed by atoms with Crippen molar-refractivity contribution in [2.45, 2.75) is 31.9 Å². The number of aromatic nitrogens is 1. The van der Waals surface area contributed by atoms with Crippen molar-refractivity contribution < 1.29 is 32.2 Å². The highest BCUT2D eigenvalue weighted by molar-refractivity contribution is 9.10. The van der Waals surface area contributed by atoms with Gasteiger partial charge >= 0.3 is 6.18 Å². The van der Waals surface area contributed by atoms with Gasteiger partial charge in [0, 0.05) is 22.4 Å². The molecule has 1 aromatic heterocycles. The van der Waals surface area contributed by atoms with Gasteiger partial charge in [-0.05, 0) is 48.0 Å². The normalized spacial score (nSPS) is 18.3. The molecule has 11 heteroatoms. The Balaban J connectivity index is 1.67. The van der Waals surface area contributed by atoms with E-state index in [1.165, 1.54) is 18.3 Å². The van der Waals surface area contributed by atoms with E-state index in [0.717, 1.165) is 12.1 Å². The molecule has 3 rings (SSSR count). The summed E-state index contributed by atoms with van der Waals surface area (Å²) in [5, 5.41) is 2.01. The minimum absolute atomic E-state index is 0.0387. The van der Waals surface area contributed by atoms with Crippen LogP contribution in [0.25, 0.3) is 0 Å². The first-order chi connectivity index (χ1) is 13.9. The Morgan fingerprint density at radius 3 is 2.77 bits per heavy atom. The Morgan fingerprint density at radius 2 is 2.13 bits per heavy atom. The van der Waals surface area contributed by atoms with E-state index < -0.39 is 28.5 Å². The van der Waals surface area contributed by atoms with E-state index in [2.05, 4.69) is 26.2 Å². The standard InChI is InChI=1S/C19H17BrClF3N2O4/c1-18(2)29-9-11(30-18)8-28-16-5-10(3-4-25-16)26-17(27)12-6-15(21)13(7-14(12)20)19(22,23)24/h3-7,11H,8-9H2,1-2H3,(H,25,26,27). The molecule has 0 aliphatic carbocycles. The zero-order chi connectivity index (χ0) is 22.1. The molecule has 0 saturated carbocycles. The summed E-state index contributed by atoms with van der Waals surface area (Å²) >= 11 is 8.70. The van der Waals surface area contributed by atoms with Crippen LogP contribution in [-0.4, -0.2) is 36.0 Å². The summed E-state index contributed by atoms with van der Waals surface area (Å²) in [4.78, 5) is 16.6. The first-order valence-corrected chi connectivity index (χ1v) is 9.90. The number of carbonyl (C=O) groups is 1. The van der Waals surface area contributed by atoms with Gasteiger partial charge in [-0.25, -0.2) is 4.98 Å². The first kappa shape index (κ1) is 22.8. The Bertz CT molecular complexity index is 956. The van der Waals surface area contributed by atoms with Gasteiger partial charge in [-0.2, -0.15) is 13.2 Å². The molecule has 162 valence electrons. The number of nitrogens with one attached hydrogen (secondary N) is 1. The Labute approximate surface area is 183 Å². The number of nitrogens with zero attached hydrogens (tertiary/aromatic N) is 1. The number of halogens is 5. The number of amides is 1. The Hall–Kier alpha value is -1.88. The molecule has 1 atom stereocenters. The van der Waals surface area contributed by atoms with E-state index >= 15 is 0 Å². The van der Waals surface area contributed by atoms with Crippen LogP contribution in [0.1, 0.15) is 29.8 Å². The lowest BCUT2D eigenvalue weighted by Gasteiger charge is -2.17. The maximum absolute atomic E-state index is 12.9. The van der Waals surface area contributed by atoms with Crippen LogP contribution in [0.5, 0.6) is 5.88 Å². The first-order valence-electron chi connectivity index (χ1n) is 8.73. The molecule has 1 aliphatic heterocycles. The van der Waals surface area contributed by atoms with E-state index in [1.807, 2.05) is 0 Å². The molecule has 1 fully saturated rings. The van der Waals surface area contributed by atoms with Crippen LogP contribution in [-0.2, 0) is 15.7 Å². The van der Waals surface area contributed by atoms with Crippen LogP contribution in [0.2, 0.25) is 5.02 Å². The lowest BCUT2D eigenvalue weighted by atomic mass is 10.1. The summed E-state index contributed by atoms with van der Waals surface area (Å²) in [5.41, 5.74) is -0.740. The molecular weight excluding hydrogens is 493 g/mol. The second-order valence-corrected chi connectivity index (χ2v) is 8.17. The van der Waals surface area contributed by atoms with Crippen LogP contribution in [0.4, 0.5) is 18.9 Å². The number of alkyl halides is 3. The second kappa shape index (κ2) is 8.70. The summed E-state index contributed by atoms with van der Waals surface area (Å²) in [5.74, 6) is -1.08. The van der Waals surface area contributed by atoms with Crippen molar-refractivity contribution in [1.29, 1.82) is 0 Å². The summed E-state index contributed by atoms with van der Waals surface area (Å²) in [7, 11) is 0. The molecule has 30 heavy (non-hydrogen) atoms. The molecule has 2 aromatic rings. The van der Waals surface area contributed by atoms with Crippen molar-refractivity contribution in [1.82, 2.24) is 4.98 Å². The number of anilines is 1. The third kappa shape index (κ3) is 5.63. The van der Waals surface area contributed by atoms with Crippen LogP contribution < -0.4 is 10.1 Å². The lowest BCUT2D eigenvalue weighted by molar-refractivity contribution is -0.141. The summed E-state index contributed by atoms with van der Waals surface area (Å²) in [6, 6.07) is 4.73. The molecular formula is C19H17BrClF3N2O4. The van der Waals surface area contributed by atoms with Crippen molar-refractivity contribution in [3.8, 4) is 5.88 Å². The van der Waals surface area contributed by atoms with Gasteiger partial charge in [-0.15, -0.1) is 0 Å². The van der Waals surface area contributed by atoms with Gasteiger partial charge in [-0.3, -0.25) is 4.79 Å². The van der Waals surface area contributed by atoms with Gasteiger partial charge in [0.25, 0.3) is 5.91 Å². The maximum Gasteiger partial charge on any atom is 0.417 e. The highest BCUT2D eigenvalue weighted by atomic mass is 79.9. The summed E-state index contributed by atoms with van der Waals surface area (Å²) in [6.45, 7) is 4.18. The molecule has 6 nitrogen and oxygen atoms in total. The van der Waals surface area contributed by atoms with E-state index in [-0.39, 0.29) is 28.6 Å². The van der Waals surface area contributed by atoms with E-state index in [0.29, 0.717) is 12.3 Å². The molecule has 1 aromatic carbocycles. The quantitative estimate of drug-likeness (QED) is 0.592. The highest BCUT2D eigenvalue weighted by Crippen LogP contribution is 2.38. The lowest BCUT2D eigenvalue weighted by Crippen LogP contribution is -2.25. The monoisotopic (exact) mass is 508 g/mol. The third-order valence-corrected chi connectivity index (χ3v) is 5.05. The van der Waals surface area contributed by atoms with Crippen LogP contribution in [0, 0.1) is 0 Å². The number of hydrogen-bond acceptors (Lipinski definition) is 5. The van der Waals surface area contributed by atoms with Crippen molar-refractivity contribution >= 4 is 39.1 Å². The average molecular weight is 510 g/mol. The minimum Gasteiger partial charge on any atom is -0.475 e. The van der Waals surface area contributed by atoms with Gasteiger partial charge in [0.15, 0.2) is 5.79 Å². The van der Waals surface area contributed by atoms with Crippen LogP contribution >= 0.6 is 27.5 Å². The molecule has 1 aliphatic rings. The molecule has 1 unspecified atom stereocenters. The largest absolute Gasteiger partial charge is 0.475 e. The van der Waals surface area contributed by atoms with Crippen molar-refractivity contribution in [2.75, 3.05) is 18.5 Å². The third-order valence-electron chi connectivity index (χ3n) is 4.08. The molecule has 1 N–H and O–H groups in total. The fourth-order valence-corrected chi connectivity index (χ4v) is 3.52. The topological polar surface area (TPSA) is 69.7 Å². The molecule has 2 heterocycles. The predicted octanol–water partition coefficient (Wildman–Crippen LogP) is 5.30. The zero-order valence-electron chi connectivity index (χ0n) is 15.8. The minimum atomic E-state index is -4.63. The fourth-order valence-electron chi connectivity index (χ4n) is 2.73. The summed E-state index contributed by atoms with van der Waals surface area (Å²) < 4.78 is 55.4. The van der Waals surface area contributed by atoms with Crippen molar-refractivity contribution in [2.24, 2.45) is 0 Å². The van der Waals surface area contributed by atoms with Crippen molar-refractivity contribution in [3.63, 3.8) is 0 Å². The molecule has 1 saturated heterocycles. The molecule has 0 bridgehead atoms. The molecule has 1 amide bonds. The van der Waals surface area contributed by atoms with Gasteiger partial charge in [0.05, 0.1) is 22.8 Å². The number of hydrogen-bond donors (Lipinski definition) is 1. The smallest absolute Gasteiger partial charge is 0.417 e. The predicted molar refractivity (Wildman–Crippen MR) is 107 cm³/mol. The van der Waals surface area contributed by atoms with Gasteiger partial charge in [-0.1, -0.05) is 11.6 Å². The van der Waals surface area contributed by atoms with E-state index in [9.17, 15) is 18.0 Å². The fraction of sp³-hybridized carbons (Fsp3) is 0.368. The van der Waals surface area contributed by atoms with Crippen LogP contribution in [0.15, 0.2) is 34.9 Å². The SMILES string of the molecule is CC1(C)OCC(COc2cc(NC(=O)c3cc(Cl)c(C(F)(F)F)cc3Br)ccn2)O1. The van der Waals surface area contributed by atoms with Gasteiger partial charge in [0.1, 0.15) is 12.7 Å². The van der Waals surface area contributed by atoms with E-state index in [1.54, 1.807) is 13.8 Å². The molecule has 0 radical (unpaired) electrons. The van der Waals surface area contributed by atoms with E-state index in [4.69, 9.17) is 25.8 Å².